The molecule has 0 atom stereocenters. The van der Waals surface area contributed by atoms with Crippen molar-refractivity contribution in [3.63, 3.8) is 0 Å². The van der Waals surface area contributed by atoms with E-state index in [2.05, 4.69) is 0 Å². The number of aryl methyl sites for hydroxylation is 1. The summed E-state index contributed by atoms with van der Waals surface area (Å²) < 4.78 is 5.18. The van der Waals surface area contributed by atoms with Crippen LogP contribution in [0.15, 0.2) is 30.3 Å². The summed E-state index contributed by atoms with van der Waals surface area (Å²) in [7, 11) is 1.62. The molecule has 134 valence electrons. The van der Waals surface area contributed by atoms with Crippen molar-refractivity contribution >= 4 is 23.2 Å². The highest BCUT2D eigenvalue weighted by atomic mass is 32.1. The van der Waals surface area contributed by atoms with Crippen molar-refractivity contribution in [3.8, 4) is 16.9 Å². The van der Waals surface area contributed by atoms with Gasteiger partial charge >= 0.3 is 5.97 Å². The number of carbonyl (C=O) groups is 2. The predicted molar refractivity (Wildman–Crippen MR) is 99.5 cm³/mol. The number of ether oxygens (including phenoxy) is 1. The number of hydrogen-bond donors (Lipinski definition) is 1. The lowest BCUT2D eigenvalue weighted by Gasteiger charge is -2.25. The molecule has 0 aliphatic heterocycles. The lowest BCUT2D eigenvalue weighted by atomic mass is 10.1. The fraction of sp³-hybridized carbons (Fsp3) is 0.368. The minimum atomic E-state index is -0.903. The van der Waals surface area contributed by atoms with Crippen LogP contribution in [0.25, 0.3) is 11.1 Å². The molecule has 0 saturated carbocycles. The van der Waals surface area contributed by atoms with E-state index in [0.717, 1.165) is 21.8 Å². The number of amides is 1. The molecule has 25 heavy (non-hydrogen) atoms. The molecule has 2 aromatic rings. The van der Waals surface area contributed by atoms with Gasteiger partial charge in [0.15, 0.2) is 0 Å². The number of carboxylic acid groups (broad SMARTS) is 1. The first kappa shape index (κ1) is 19.0. The van der Waals surface area contributed by atoms with E-state index >= 15 is 0 Å². The Labute approximate surface area is 151 Å². The number of hydrogen-bond acceptors (Lipinski definition) is 4. The fourth-order valence-corrected chi connectivity index (χ4v) is 3.59. The van der Waals surface area contributed by atoms with Gasteiger partial charge in [0.2, 0.25) is 0 Å². The van der Waals surface area contributed by atoms with Crippen LogP contribution in [-0.4, -0.2) is 41.6 Å². The summed E-state index contributed by atoms with van der Waals surface area (Å²) in [6.07, 6.45) is -0.0559. The summed E-state index contributed by atoms with van der Waals surface area (Å²) in [5, 5.41) is 8.89. The monoisotopic (exact) mass is 361 g/mol. The third kappa shape index (κ3) is 4.60. The first-order valence-electron chi connectivity index (χ1n) is 8.11. The molecule has 0 bridgehead atoms. The molecule has 0 saturated heterocycles. The van der Waals surface area contributed by atoms with Crippen LogP contribution >= 0.6 is 11.3 Å². The van der Waals surface area contributed by atoms with Crippen molar-refractivity contribution in [1.82, 2.24) is 4.90 Å². The Balaban J connectivity index is 2.27. The first-order chi connectivity index (χ1) is 11.8. The molecule has 0 unspecified atom stereocenters. The van der Waals surface area contributed by atoms with Crippen LogP contribution in [0.3, 0.4) is 0 Å². The smallest absolute Gasteiger partial charge is 0.305 e. The zero-order chi connectivity index (χ0) is 18.6. The number of carbonyl (C=O) groups excluding carboxylic acids is 1. The summed E-state index contributed by atoms with van der Waals surface area (Å²) in [4.78, 5) is 26.9. The average molecular weight is 361 g/mol. The van der Waals surface area contributed by atoms with Gasteiger partial charge in [0.05, 0.1) is 18.4 Å². The van der Waals surface area contributed by atoms with Gasteiger partial charge in [0.25, 0.3) is 5.91 Å². The van der Waals surface area contributed by atoms with Gasteiger partial charge in [-0.1, -0.05) is 12.1 Å². The largest absolute Gasteiger partial charge is 0.497 e. The lowest BCUT2D eigenvalue weighted by molar-refractivity contribution is -0.137. The minimum absolute atomic E-state index is 0.0559. The van der Waals surface area contributed by atoms with Crippen molar-refractivity contribution in [2.45, 2.75) is 33.2 Å². The summed E-state index contributed by atoms with van der Waals surface area (Å²) in [5.41, 5.74) is 2.04. The lowest BCUT2D eigenvalue weighted by Crippen LogP contribution is -2.38. The SMILES string of the molecule is COc1ccc(-c2cc(C(=O)N(CCC(=O)O)C(C)C)sc2C)cc1. The highest BCUT2D eigenvalue weighted by Gasteiger charge is 2.22. The number of methoxy groups -OCH3 is 1. The topological polar surface area (TPSA) is 66.8 Å². The number of rotatable bonds is 7. The number of thiophene rings is 1. The number of benzene rings is 1. The van der Waals surface area contributed by atoms with Crippen LogP contribution in [0.5, 0.6) is 5.75 Å². The molecule has 0 aliphatic rings. The van der Waals surface area contributed by atoms with E-state index in [-0.39, 0.29) is 24.9 Å². The summed E-state index contributed by atoms with van der Waals surface area (Å²) in [6.45, 7) is 5.98. The van der Waals surface area contributed by atoms with Gasteiger partial charge in [-0.2, -0.15) is 0 Å². The molecule has 0 radical (unpaired) electrons. The molecular weight excluding hydrogens is 338 g/mol. The average Bonchev–Trinajstić information content (AvgIpc) is 2.96. The number of carboxylic acids is 1. The number of nitrogens with zero attached hydrogens (tertiary/aromatic N) is 1. The Morgan fingerprint density at radius 1 is 1.24 bits per heavy atom. The van der Waals surface area contributed by atoms with E-state index < -0.39 is 5.97 Å². The van der Waals surface area contributed by atoms with Crippen LogP contribution in [0, 0.1) is 6.92 Å². The molecule has 1 heterocycles. The second-order valence-corrected chi connectivity index (χ2v) is 7.30. The van der Waals surface area contributed by atoms with Gasteiger partial charge in [-0.3, -0.25) is 9.59 Å². The summed E-state index contributed by atoms with van der Waals surface area (Å²) >= 11 is 1.44. The van der Waals surface area contributed by atoms with Crippen molar-refractivity contribution < 1.29 is 19.4 Å². The first-order valence-corrected chi connectivity index (χ1v) is 8.92. The Morgan fingerprint density at radius 2 is 1.88 bits per heavy atom. The maximum absolute atomic E-state index is 12.8. The maximum atomic E-state index is 12.8. The third-order valence-electron chi connectivity index (χ3n) is 3.98. The highest BCUT2D eigenvalue weighted by Crippen LogP contribution is 2.32. The molecule has 1 aromatic carbocycles. The van der Waals surface area contributed by atoms with Gasteiger partial charge in [-0.25, -0.2) is 0 Å². The third-order valence-corrected chi connectivity index (χ3v) is 5.02. The van der Waals surface area contributed by atoms with Crippen LogP contribution in [0.2, 0.25) is 0 Å². The van der Waals surface area contributed by atoms with E-state index in [9.17, 15) is 9.59 Å². The zero-order valence-corrected chi connectivity index (χ0v) is 15.7. The normalized spacial score (nSPS) is 10.8. The van der Waals surface area contributed by atoms with Crippen LogP contribution in [0.4, 0.5) is 0 Å². The second kappa shape index (κ2) is 8.16. The zero-order valence-electron chi connectivity index (χ0n) is 14.9. The molecule has 1 N–H and O–H groups in total. The maximum Gasteiger partial charge on any atom is 0.305 e. The van der Waals surface area contributed by atoms with Gasteiger partial charge in [-0.15, -0.1) is 11.3 Å². The predicted octanol–water partition coefficient (Wildman–Crippen LogP) is 4.06. The van der Waals surface area contributed by atoms with Crippen molar-refractivity contribution in [1.29, 1.82) is 0 Å². The van der Waals surface area contributed by atoms with Gasteiger partial charge < -0.3 is 14.7 Å². The number of aliphatic carboxylic acids is 1. The van der Waals surface area contributed by atoms with Gasteiger partial charge in [0.1, 0.15) is 5.75 Å². The molecule has 2 rings (SSSR count). The van der Waals surface area contributed by atoms with Crippen molar-refractivity contribution in [3.05, 3.63) is 40.1 Å². The second-order valence-electron chi connectivity index (χ2n) is 6.05. The van der Waals surface area contributed by atoms with Gasteiger partial charge in [0, 0.05) is 17.5 Å². The molecule has 0 spiro atoms. The molecule has 1 aromatic heterocycles. The van der Waals surface area contributed by atoms with E-state index in [0.29, 0.717) is 4.88 Å². The summed E-state index contributed by atoms with van der Waals surface area (Å²) in [5.74, 6) is -0.239. The fourth-order valence-electron chi connectivity index (χ4n) is 2.60. The summed E-state index contributed by atoms with van der Waals surface area (Å²) in [6, 6.07) is 9.54. The molecule has 0 aliphatic carbocycles. The van der Waals surface area contributed by atoms with Crippen LogP contribution < -0.4 is 4.74 Å². The Hall–Kier alpha value is -2.34. The van der Waals surface area contributed by atoms with Crippen LogP contribution in [0.1, 0.15) is 34.8 Å². The molecule has 5 nitrogen and oxygen atoms in total. The Bertz CT molecular complexity index is 749. The molecule has 0 fully saturated rings. The Kier molecular flexibility index (Phi) is 6.20. The van der Waals surface area contributed by atoms with Crippen molar-refractivity contribution in [2.75, 3.05) is 13.7 Å². The van der Waals surface area contributed by atoms with Gasteiger partial charge in [-0.05, 0) is 50.1 Å². The quantitative estimate of drug-likeness (QED) is 0.808. The molecule has 1 amide bonds. The highest BCUT2D eigenvalue weighted by molar-refractivity contribution is 7.14. The standard InChI is InChI=1S/C19H23NO4S/c1-12(2)20(10-9-18(21)22)19(23)17-11-16(13(3)25-17)14-5-7-15(24-4)8-6-14/h5-8,11-12H,9-10H2,1-4H3,(H,21,22). The van der Waals surface area contributed by atoms with E-state index in [1.165, 1.54) is 11.3 Å². The van der Waals surface area contributed by atoms with E-state index in [1.807, 2.05) is 51.1 Å². The van der Waals surface area contributed by atoms with E-state index in [4.69, 9.17) is 9.84 Å². The molecular formula is C19H23NO4S. The van der Waals surface area contributed by atoms with E-state index in [1.54, 1.807) is 12.0 Å². The van der Waals surface area contributed by atoms with Crippen LogP contribution in [-0.2, 0) is 4.79 Å². The Morgan fingerprint density at radius 3 is 2.40 bits per heavy atom. The molecule has 6 heteroatoms. The van der Waals surface area contributed by atoms with Crippen molar-refractivity contribution in [2.24, 2.45) is 0 Å². The minimum Gasteiger partial charge on any atom is -0.497 e.